The summed E-state index contributed by atoms with van der Waals surface area (Å²) < 4.78 is 43.6. The number of amidine groups is 1. The van der Waals surface area contributed by atoms with Crippen molar-refractivity contribution in [2.45, 2.75) is 37.0 Å². The zero-order valence-electron chi connectivity index (χ0n) is 25.6. The van der Waals surface area contributed by atoms with E-state index in [9.17, 15) is 32.7 Å². The number of thiazole rings is 1. The molecule has 0 saturated carbocycles. The highest BCUT2D eigenvalue weighted by Crippen LogP contribution is 2.46. The number of aromatic nitrogens is 1. The maximum absolute atomic E-state index is 14.5. The van der Waals surface area contributed by atoms with Crippen LogP contribution in [0.2, 0.25) is 5.02 Å². The van der Waals surface area contributed by atoms with E-state index < -0.39 is 52.4 Å². The SMILES string of the molecule is C=C(N)/C=C(/N)N=C(Nc1ccc(Cl)cc1)SCC1=C(C(F)(F)F)N2C(=O)C(NC(=O)/C(=N\OC(C)(C)C(=O)O)c3csc(N)n3)C2SC1. The number of nitrogens with zero attached hydrogens (tertiary/aromatic N) is 4. The molecule has 2 aliphatic heterocycles. The van der Waals surface area contributed by atoms with Crippen molar-refractivity contribution in [1.82, 2.24) is 15.2 Å². The summed E-state index contributed by atoms with van der Waals surface area (Å²) in [6, 6.07) is 5.09. The number of fused-ring (bicyclic) bond motifs is 1. The third-order valence-electron chi connectivity index (χ3n) is 6.50. The van der Waals surface area contributed by atoms with Crippen LogP contribution in [0.25, 0.3) is 0 Å². The lowest BCUT2D eigenvalue weighted by molar-refractivity contribution is -0.161. The molecule has 1 saturated heterocycles. The van der Waals surface area contributed by atoms with Gasteiger partial charge in [-0.3, -0.25) is 14.5 Å². The Labute approximate surface area is 294 Å². The number of nitrogens with two attached hydrogens (primary N) is 3. The zero-order valence-corrected chi connectivity index (χ0v) is 28.8. The van der Waals surface area contributed by atoms with E-state index in [4.69, 9.17) is 33.6 Å². The fourth-order valence-corrected chi connectivity index (χ4v) is 7.19. The number of aliphatic carboxylic acids is 1. The molecule has 2 atom stereocenters. The lowest BCUT2D eigenvalue weighted by Gasteiger charge is -2.50. The number of nitrogens with one attached hydrogen (secondary N) is 2. The van der Waals surface area contributed by atoms with Crippen LogP contribution >= 0.6 is 46.5 Å². The molecule has 21 heteroatoms. The number of β-lactam (4-membered cyclic amide) rings is 1. The Hall–Kier alpha value is -4.40. The van der Waals surface area contributed by atoms with E-state index >= 15 is 0 Å². The number of alkyl halides is 3. The van der Waals surface area contributed by atoms with Gasteiger partial charge in [0, 0.05) is 39.4 Å². The van der Waals surface area contributed by atoms with Crippen molar-refractivity contribution in [1.29, 1.82) is 0 Å². The number of carboxylic acid groups (broad SMARTS) is 1. The Bertz CT molecular complexity index is 1780. The largest absolute Gasteiger partial charge is 0.478 e. The quantitative estimate of drug-likeness (QED) is 0.0635. The first-order valence-electron chi connectivity index (χ1n) is 13.8. The Morgan fingerprint density at radius 2 is 1.96 bits per heavy atom. The molecular formula is C28H29ClF3N9O5S3. The maximum atomic E-state index is 14.5. The average Bonchev–Trinajstić information content (AvgIpc) is 3.43. The van der Waals surface area contributed by atoms with Crippen molar-refractivity contribution in [2.75, 3.05) is 22.6 Å². The van der Waals surface area contributed by atoms with Gasteiger partial charge in [0.2, 0.25) is 5.60 Å². The molecule has 262 valence electrons. The Morgan fingerprint density at radius 1 is 1.29 bits per heavy atom. The number of amides is 2. The third-order valence-corrected chi connectivity index (χ3v) is 9.73. The molecule has 2 aromatic rings. The fraction of sp³-hybridized carbons (Fsp3) is 0.286. The summed E-state index contributed by atoms with van der Waals surface area (Å²) in [6.07, 6.45) is -3.66. The Balaban J connectivity index is 1.57. The van der Waals surface area contributed by atoms with E-state index in [1.165, 1.54) is 25.3 Å². The molecule has 14 nitrogen and oxygen atoms in total. The molecule has 1 fully saturated rings. The minimum absolute atomic E-state index is 0.0483. The first kappa shape index (κ1) is 37.4. The highest BCUT2D eigenvalue weighted by Gasteiger charge is 2.58. The summed E-state index contributed by atoms with van der Waals surface area (Å²) >= 11 is 8.81. The third kappa shape index (κ3) is 9.19. The van der Waals surface area contributed by atoms with Gasteiger partial charge in [-0.05, 0) is 43.7 Å². The van der Waals surface area contributed by atoms with Crippen LogP contribution in [0.4, 0.5) is 24.0 Å². The number of carboxylic acids is 1. The van der Waals surface area contributed by atoms with Gasteiger partial charge in [0.1, 0.15) is 28.6 Å². The number of oxime groups is 1. The number of thioether (sulfide) groups is 2. The van der Waals surface area contributed by atoms with Gasteiger partial charge < -0.3 is 37.8 Å². The first-order chi connectivity index (χ1) is 22.9. The predicted octanol–water partition coefficient (Wildman–Crippen LogP) is 3.65. The average molecular weight is 760 g/mol. The molecule has 1 aromatic carbocycles. The number of carbonyl (C=O) groups excluding carboxylic acids is 2. The zero-order chi connectivity index (χ0) is 36.3. The molecule has 0 spiro atoms. The molecule has 2 unspecified atom stereocenters. The maximum Gasteiger partial charge on any atom is 0.431 e. The molecule has 0 radical (unpaired) electrons. The topological polar surface area (TPSA) is 224 Å². The van der Waals surface area contributed by atoms with E-state index in [0.717, 1.165) is 34.9 Å². The summed E-state index contributed by atoms with van der Waals surface area (Å²) in [7, 11) is 0. The van der Waals surface area contributed by atoms with Crippen LogP contribution in [0, 0.1) is 0 Å². The fourth-order valence-electron chi connectivity index (χ4n) is 4.13. The van der Waals surface area contributed by atoms with E-state index in [1.807, 2.05) is 0 Å². The normalized spacial score (nSPS) is 18.9. The molecule has 2 aliphatic rings. The molecular weight excluding hydrogens is 731 g/mol. The van der Waals surface area contributed by atoms with E-state index in [0.29, 0.717) is 15.6 Å². The van der Waals surface area contributed by atoms with Crippen LogP contribution in [0.15, 0.2) is 75.2 Å². The van der Waals surface area contributed by atoms with E-state index in [2.05, 4.69) is 32.3 Å². The second-order valence-corrected chi connectivity index (χ2v) is 14.1. The lowest BCUT2D eigenvalue weighted by atomic mass is 10.0. The molecule has 49 heavy (non-hydrogen) atoms. The smallest absolute Gasteiger partial charge is 0.431 e. The second-order valence-electron chi connectivity index (χ2n) is 10.7. The highest BCUT2D eigenvalue weighted by atomic mass is 35.5. The van der Waals surface area contributed by atoms with Crippen molar-refractivity contribution in [2.24, 2.45) is 21.6 Å². The van der Waals surface area contributed by atoms with E-state index in [-0.39, 0.29) is 44.6 Å². The number of halogens is 4. The van der Waals surface area contributed by atoms with Crippen LogP contribution in [0.3, 0.4) is 0 Å². The monoisotopic (exact) mass is 759 g/mol. The van der Waals surface area contributed by atoms with Gasteiger partial charge in [-0.1, -0.05) is 35.1 Å². The molecule has 3 heterocycles. The molecule has 4 rings (SSSR count). The van der Waals surface area contributed by atoms with Gasteiger partial charge in [0.15, 0.2) is 16.0 Å². The van der Waals surface area contributed by atoms with E-state index in [1.54, 1.807) is 24.3 Å². The number of allylic oxidation sites excluding steroid dienone is 2. The molecule has 1 aromatic heterocycles. The summed E-state index contributed by atoms with van der Waals surface area (Å²) in [6.45, 7) is 5.89. The minimum atomic E-state index is -4.93. The van der Waals surface area contributed by atoms with Crippen molar-refractivity contribution in [3.8, 4) is 0 Å². The van der Waals surface area contributed by atoms with Crippen LogP contribution in [0.5, 0.6) is 0 Å². The Morgan fingerprint density at radius 3 is 2.53 bits per heavy atom. The lowest BCUT2D eigenvalue weighted by Crippen LogP contribution is -2.71. The summed E-state index contributed by atoms with van der Waals surface area (Å²) in [5.74, 6) is -3.91. The van der Waals surface area contributed by atoms with Gasteiger partial charge in [-0.25, -0.2) is 14.8 Å². The molecule has 2 amide bonds. The van der Waals surface area contributed by atoms with Crippen LogP contribution < -0.4 is 27.8 Å². The number of hydrogen-bond acceptors (Lipinski definition) is 13. The van der Waals surface area contributed by atoms with Crippen molar-refractivity contribution >= 4 is 85.9 Å². The highest BCUT2D eigenvalue weighted by molar-refractivity contribution is 8.14. The molecule has 0 bridgehead atoms. The number of benzene rings is 1. The van der Waals surface area contributed by atoms with Gasteiger partial charge in [0.25, 0.3) is 11.8 Å². The van der Waals surface area contributed by atoms with Gasteiger partial charge in [-0.15, -0.1) is 23.1 Å². The van der Waals surface area contributed by atoms with Crippen LogP contribution in [0.1, 0.15) is 19.5 Å². The number of hydrogen-bond donors (Lipinski definition) is 6. The van der Waals surface area contributed by atoms with Crippen molar-refractivity contribution in [3.05, 3.63) is 75.8 Å². The van der Waals surface area contributed by atoms with Crippen molar-refractivity contribution < 1.29 is 37.5 Å². The molecule has 9 N–H and O–H groups in total. The van der Waals surface area contributed by atoms with Gasteiger partial charge >= 0.3 is 12.1 Å². The first-order valence-corrected chi connectivity index (χ1v) is 17.1. The summed E-state index contributed by atoms with van der Waals surface area (Å²) in [5, 5.41) is 19.2. The van der Waals surface area contributed by atoms with Gasteiger partial charge in [0.05, 0.1) is 0 Å². The van der Waals surface area contributed by atoms with Gasteiger partial charge in [-0.2, -0.15) is 13.2 Å². The summed E-state index contributed by atoms with van der Waals surface area (Å²) in [5.41, 5.74) is 14.1. The number of carbonyl (C=O) groups is 3. The molecule has 0 aliphatic carbocycles. The minimum Gasteiger partial charge on any atom is -0.478 e. The number of aliphatic imine (C=N–C) groups is 1. The predicted molar refractivity (Wildman–Crippen MR) is 185 cm³/mol. The van der Waals surface area contributed by atoms with Crippen LogP contribution in [-0.2, 0) is 19.2 Å². The van der Waals surface area contributed by atoms with Crippen LogP contribution in [-0.4, -0.2) is 78.4 Å². The standard InChI is InChI=1S/C28H29ClF3N9O5S3/c1-12(33)8-17(34)38-26(36-15-6-4-14(29)5-7-15)49-10-13-9-47-23-19(22(43)41(23)20(13)28(30,31)32)39-21(42)18(16-11-48-25(35)37-16)40-46-27(2,3)24(44)45/h4-8,11,19,23H,1,9-10,33-34H2,2-3H3,(H2,35,37)(H,36,38)(H,39,42)(H,44,45)/b17-8-,40-18-. The summed E-state index contributed by atoms with van der Waals surface area (Å²) in [4.78, 5) is 51.8. The Kier molecular flexibility index (Phi) is 11.5. The number of rotatable bonds is 11. The van der Waals surface area contributed by atoms with Crippen molar-refractivity contribution in [3.63, 3.8) is 0 Å². The number of anilines is 2. The second kappa shape index (κ2) is 15.0. The number of nitrogen functional groups attached to an aromatic ring is 1.